The molecule has 2 heterocycles. The summed E-state index contributed by atoms with van der Waals surface area (Å²) in [4.78, 5) is 16.3. The van der Waals surface area contributed by atoms with E-state index in [1.165, 1.54) is 17.7 Å². The topological polar surface area (TPSA) is 50.8 Å². The van der Waals surface area contributed by atoms with Crippen molar-refractivity contribution >= 4 is 17.2 Å². The number of amides is 1. The van der Waals surface area contributed by atoms with Crippen LogP contribution in [-0.4, -0.2) is 51.2 Å². The molecule has 1 aliphatic rings. The molecule has 2 aromatic rings. The summed E-state index contributed by atoms with van der Waals surface area (Å²) >= 11 is 1.86. The van der Waals surface area contributed by atoms with Crippen LogP contribution in [0.3, 0.4) is 0 Å². The first-order chi connectivity index (χ1) is 12.7. The zero-order valence-electron chi connectivity index (χ0n) is 15.4. The van der Waals surface area contributed by atoms with Crippen LogP contribution >= 0.6 is 11.3 Å². The molecule has 0 saturated carbocycles. The number of nitrogens with one attached hydrogen (secondary N) is 1. The average Bonchev–Trinajstić information content (AvgIpc) is 3.22. The van der Waals surface area contributed by atoms with Crippen molar-refractivity contribution in [3.05, 3.63) is 46.2 Å². The van der Waals surface area contributed by atoms with Gasteiger partial charge in [-0.05, 0) is 55.4 Å². The van der Waals surface area contributed by atoms with Crippen LogP contribution in [-0.2, 0) is 0 Å². The lowest BCUT2D eigenvalue weighted by Crippen LogP contribution is -2.39. The summed E-state index contributed by atoms with van der Waals surface area (Å²) in [5.41, 5.74) is 0.553. The number of thiophene rings is 1. The third kappa shape index (κ3) is 4.77. The maximum absolute atomic E-state index is 12.4. The van der Waals surface area contributed by atoms with E-state index < -0.39 is 0 Å². The smallest absolute Gasteiger partial charge is 0.251 e. The van der Waals surface area contributed by atoms with Crippen LogP contribution in [0.4, 0.5) is 0 Å². The van der Waals surface area contributed by atoms with Gasteiger partial charge in [-0.25, -0.2) is 0 Å². The van der Waals surface area contributed by atoms with E-state index in [0.29, 0.717) is 29.5 Å². The molecule has 0 aliphatic carbocycles. The predicted molar refractivity (Wildman–Crippen MR) is 105 cm³/mol. The first-order valence-corrected chi connectivity index (χ1v) is 9.84. The Labute approximate surface area is 158 Å². The third-order valence-corrected chi connectivity index (χ3v) is 5.90. The Bertz CT molecular complexity index is 688. The molecule has 140 valence electrons. The molecule has 1 aromatic heterocycles. The van der Waals surface area contributed by atoms with Crippen LogP contribution in [0.5, 0.6) is 11.5 Å². The zero-order chi connectivity index (χ0) is 18.4. The van der Waals surface area contributed by atoms with Crippen LogP contribution in [0.1, 0.15) is 34.0 Å². The fourth-order valence-corrected chi connectivity index (χ4v) is 4.23. The average molecular weight is 375 g/mol. The number of piperidine rings is 1. The largest absolute Gasteiger partial charge is 0.497 e. The highest BCUT2D eigenvalue weighted by Crippen LogP contribution is 2.30. The normalized spacial score (nSPS) is 15.6. The summed E-state index contributed by atoms with van der Waals surface area (Å²) in [6.45, 7) is 3.70. The number of likely N-dealkylation sites (tertiary alicyclic amines) is 1. The summed E-state index contributed by atoms with van der Waals surface area (Å²) in [5.74, 6) is 1.83. The highest BCUT2D eigenvalue weighted by atomic mass is 32.1. The molecular weight excluding hydrogens is 348 g/mol. The van der Waals surface area contributed by atoms with Crippen LogP contribution in [0, 0.1) is 0 Å². The fourth-order valence-electron chi connectivity index (χ4n) is 3.33. The first kappa shape index (κ1) is 18.7. The SMILES string of the molecule is COc1cc(OC)cc(C(=O)NCCN2CCC(c3cccs3)CC2)c1. The number of carbonyl (C=O) groups excluding carboxylic acids is 1. The van der Waals surface area contributed by atoms with Crippen LogP contribution in [0.25, 0.3) is 0 Å². The van der Waals surface area contributed by atoms with Crippen molar-refractivity contribution in [1.29, 1.82) is 0 Å². The van der Waals surface area contributed by atoms with E-state index in [2.05, 4.69) is 27.7 Å². The van der Waals surface area contributed by atoms with E-state index in [0.717, 1.165) is 19.6 Å². The van der Waals surface area contributed by atoms with Gasteiger partial charge >= 0.3 is 0 Å². The van der Waals surface area contributed by atoms with Gasteiger partial charge in [0.2, 0.25) is 0 Å². The quantitative estimate of drug-likeness (QED) is 0.807. The Balaban J connectivity index is 1.44. The second kappa shape index (κ2) is 9.05. The van der Waals surface area contributed by atoms with Crippen molar-refractivity contribution in [2.45, 2.75) is 18.8 Å². The standard InChI is InChI=1S/C20H26N2O3S/c1-24-17-12-16(13-18(14-17)25-2)20(23)21-7-10-22-8-5-15(6-9-22)19-4-3-11-26-19/h3-4,11-15H,5-10H2,1-2H3,(H,21,23). The molecule has 1 aromatic carbocycles. The van der Waals surface area contributed by atoms with Gasteiger partial charge in [-0.15, -0.1) is 11.3 Å². The van der Waals surface area contributed by atoms with E-state index >= 15 is 0 Å². The lowest BCUT2D eigenvalue weighted by molar-refractivity contribution is 0.0945. The van der Waals surface area contributed by atoms with E-state index in [-0.39, 0.29) is 5.91 Å². The summed E-state index contributed by atoms with van der Waals surface area (Å²) < 4.78 is 10.4. The summed E-state index contributed by atoms with van der Waals surface area (Å²) in [6, 6.07) is 9.59. The molecular formula is C20H26N2O3S. The number of nitrogens with zero attached hydrogens (tertiary/aromatic N) is 1. The van der Waals surface area contributed by atoms with E-state index in [1.807, 2.05) is 11.3 Å². The van der Waals surface area contributed by atoms with Crippen molar-refractivity contribution in [3.8, 4) is 11.5 Å². The Morgan fingerprint density at radius 3 is 2.46 bits per heavy atom. The highest BCUT2D eigenvalue weighted by Gasteiger charge is 2.21. The first-order valence-electron chi connectivity index (χ1n) is 8.96. The molecule has 1 fully saturated rings. The fraction of sp³-hybridized carbons (Fsp3) is 0.450. The predicted octanol–water partition coefficient (Wildman–Crippen LogP) is 3.37. The van der Waals surface area contributed by atoms with E-state index in [4.69, 9.17) is 9.47 Å². The van der Waals surface area contributed by atoms with Crippen LogP contribution in [0.15, 0.2) is 35.7 Å². The maximum Gasteiger partial charge on any atom is 0.251 e. The molecule has 1 aliphatic heterocycles. The summed E-state index contributed by atoms with van der Waals surface area (Å²) in [5, 5.41) is 5.16. The van der Waals surface area contributed by atoms with Crippen molar-refractivity contribution in [1.82, 2.24) is 10.2 Å². The van der Waals surface area contributed by atoms with Crippen molar-refractivity contribution in [2.24, 2.45) is 0 Å². The number of rotatable bonds is 7. The zero-order valence-corrected chi connectivity index (χ0v) is 16.2. The van der Waals surface area contributed by atoms with E-state index in [1.54, 1.807) is 32.4 Å². The van der Waals surface area contributed by atoms with Crippen molar-refractivity contribution in [3.63, 3.8) is 0 Å². The van der Waals surface area contributed by atoms with Gasteiger partial charge in [-0.2, -0.15) is 0 Å². The second-order valence-electron chi connectivity index (χ2n) is 6.49. The van der Waals surface area contributed by atoms with Gasteiger partial charge in [0.1, 0.15) is 11.5 Å². The summed E-state index contributed by atoms with van der Waals surface area (Å²) in [7, 11) is 3.16. The van der Waals surface area contributed by atoms with Gasteiger partial charge in [0.15, 0.2) is 0 Å². The van der Waals surface area contributed by atoms with Gasteiger partial charge in [0, 0.05) is 29.6 Å². The van der Waals surface area contributed by atoms with Crippen molar-refractivity contribution < 1.29 is 14.3 Å². The minimum absolute atomic E-state index is 0.101. The molecule has 0 radical (unpaired) electrons. The molecule has 1 saturated heterocycles. The van der Waals surface area contributed by atoms with Crippen molar-refractivity contribution in [2.75, 3.05) is 40.4 Å². The molecule has 1 N–H and O–H groups in total. The number of carbonyl (C=O) groups is 1. The summed E-state index contributed by atoms with van der Waals surface area (Å²) in [6.07, 6.45) is 2.39. The van der Waals surface area contributed by atoms with Gasteiger partial charge in [0.25, 0.3) is 5.91 Å². The molecule has 6 heteroatoms. The van der Waals surface area contributed by atoms with Crippen LogP contribution in [0.2, 0.25) is 0 Å². The molecule has 26 heavy (non-hydrogen) atoms. The third-order valence-electron chi connectivity index (χ3n) is 4.86. The Kier molecular flexibility index (Phi) is 6.52. The minimum atomic E-state index is -0.101. The van der Waals surface area contributed by atoms with E-state index in [9.17, 15) is 4.79 Å². The minimum Gasteiger partial charge on any atom is -0.497 e. The van der Waals surface area contributed by atoms with Gasteiger partial charge in [-0.3, -0.25) is 4.79 Å². The monoisotopic (exact) mass is 374 g/mol. The lowest BCUT2D eigenvalue weighted by atomic mass is 9.95. The number of benzene rings is 1. The second-order valence-corrected chi connectivity index (χ2v) is 7.47. The maximum atomic E-state index is 12.4. The van der Waals surface area contributed by atoms with Gasteiger partial charge in [-0.1, -0.05) is 6.07 Å². The van der Waals surface area contributed by atoms with Gasteiger partial charge < -0.3 is 19.7 Å². The Hall–Kier alpha value is -2.05. The molecule has 0 bridgehead atoms. The molecule has 0 unspecified atom stereocenters. The molecule has 5 nitrogen and oxygen atoms in total. The van der Waals surface area contributed by atoms with Gasteiger partial charge in [0.05, 0.1) is 14.2 Å². The Morgan fingerprint density at radius 1 is 1.19 bits per heavy atom. The van der Waals surface area contributed by atoms with Crippen LogP contribution < -0.4 is 14.8 Å². The number of hydrogen-bond donors (Lipinski definition) is 1. The number of methoxy groups -OCH3 is 2. The number of ether oxygens (including phenoxy) is 2. The molecule has 3 rings (SSSR count). The molecule has 0 atom stereocenters. The lowest BCUT2D eigenvalue weighted by Gasteiger charge is -2.31. The molecule has 0 spiro atoms. The number of hydrogen-bond acceptors (Lipinski definition) is 5. The Morgan fingerprint density at radius 2 is 1.88 bits per heavy atom. The molecule has 1 amide bonds. The highest BCUT2D eigenvalue weighted by molar-refractivity contribution is 7.10.